The Bertz CT molecular complexity index is 403. The van der Waals surface area contributed by atoms with Crippen LogP contribution < -0.4 is 10.0 Å². The van der Waals surface area contributed by atoms with Crippen molar-refractivity contribution in [1.29, 1.82) is 0 Å². The van der Waals surface area contributed by atoms with Crippen LogP contribution in [-0.2, 0) is 4.74 Å². The number of aromatic nitrogens is 1. The third kappa shape index (κ3) is 2.22. The van der Waals surface area contributed by atoms with Crippen LogP contribution in [-0.4, -0.2) is 31.2 Å². The molecule has 0 spiro atoms. The first kappa shape index (κ1) is 11.0. The first-order valence-electron chi connectivity index (χ1n) is 4.15. The SMILES string of the molecule is CNC(=O)c1ccc(C(=O)OC)c[n+]1O. The van der Waals surface area contributed by atoms with E-state index in [9.17, 15) is 14.8 Å². The minimum atomic E-state index is -0.582. The van der Waals surface area contributed by atoms with Gasteiger partial charge in [0.15, 0.2) is 0 Å². The van der Waals surface area contributed by atoms with E-state index >= 15 is 0 Å². The smallest absolute Gasteiger partial charge is 0.344 e. The highest BCUT2D eigenvalue weighted by atomic mass is 16.5. The molecule has 80 valence electrons. The number of hydrogen-bond acceptors (Lipinski definition) is 4. The van der Waals surface area contributed by atoms with Gasteiger partial charge in [-0.1, -0.05) is 0 Å². The molecular formula is C9H11N2O4+. The highest BCUT2D eigenvalue weighted by Gasteiger charge is 2.21. The summed E-state index contributed by atoms with van der Waals surface area (Å²) in [6, 6.07) is 2.72. The standard InChI is InChI=1S/C9H10N2O4/c1-10-8(12)7-4-3-6(5-11(7)14)9(13)15-2/h3-5H,1-2H3,(H-,10,12,14)/p+1. The average Bonchev–Trinajstić information content (AvgIpc) is 2.26. The Hall–Kier alpha value is -2.11. The van der Waals surface area contributed by atoms with E-state index in [-0.39, 0.29) is 11.3 Å². The fourth-order valence-corrected chi connectivity index (χ4v) is 1.04. The van der Waals surface area contributed by atoms with Crippen molar-refractivity contribution in [3.8, 4) is 0 Å². The van der Waals surface area contributed by atoms with Gasteiger partial charge in [-0.15, -0.1) is 0 Å². The van der Waals surface area contributed by atoms with Crippen molar-refractivity contribution in [2.24, 2.45) is 0 Å². The fraction of sp³-hybridized carbons (Fsp3) is 0.222. The van der Waals surface area contributed by atoms with E-state index in [2.05, 4.69) is 10.1 Å². The van der Waals surface area contributed by atoms with Crippen molar-refractivity contribution >= 4 is 11.9 Å². The lowest BCUT2D eigenvalue weighted by Crippen LogP contribution is -2.41. The number of methoxy groups -OCH3 is 1. The van der Waals surface area contributed by atoms with Gasteiger partial charge >= 0.3 is 17.6 Å². The number of carbonyl (C=O) groups excluding carboxylic acids is 2. The number of rotatable bonds is 2. The first-order valence-corrected chi connectivity index (χ1v) is 4.15. The van der Waals surface area contributed by atoms with Crippen LogP contribution in [0.1, 0.15) is 20.8 Å². The summed E-state index contributed by atoms with van der Waals surface area (Å²) >= 11 is 0. The minimum absolute atomic E-state index is 0.0325. The maximum atomic E-state index is 11.2. The molecule has 0 radical (unpaired) electrons. The third-order valence-corrected chi connectivity index (χ3v) is 1.81. The Kier molecular flexibility index (Phi) is 3.22. The van der Waals surface area contributed by atoms with Gasteiger partial charge in [-0.05, 0) is 6.07 Å². The van der Waals surface area contributed by atoms with Crippen molar-refractivity contribution in [2.75, 3.05) is 14.2 Å². The second-order valence-electron chi connectivity index (χ2n) is 2.72. The fourth-order valence-electron chi connectivity index (χ4n) is 1.04. The summed E-state index contributed by atoms with van der Waals surface area (Å²) in [6.45, 7) is 0. The highest BCUT2D eigenvalue weighted by molar-refractivity contribution is 5.92. The van der Waals surface area contributed by atoms with E-state index in [1.807, 2.05) is 0 Å². The molecule has 1 aromatic heterocycles. The Morgan fingerprint density at radius 3 is 2.60 bits per heavy atom. The summed E-state index contributed by atoms with van der Waals surface area (Å²) in [4.78, 5) is 22.2. The zero-order valence-corrected chi connectivity index (χ0v) is 8.35. The molecule has 0 unspecified atom stereocenters. The van der Waals surface area contributed by atoms with Crippen LogP contribution in [0.4, 0.5) is 0 Å². The first-order chi connectivity index (χ1) is 7.10. The van der Waals surface area contributed by atoms with Gasteiger partial charge in [0.1, 0.15) is 5.56 Å². The zero-order valence-electron chi connectivity index (χ0n) is 8.35. The van der Waals surface area contributed by atoms with Gasteiger partial charge in [-0.25, -0.2) is 4.79 Å². The molecule has 0 saturated heterocycles. The molecule has 1 aromatic rings. The second kappa shape index (κ2) is 4.41. The summed E-state index contributed by atoms with van der Waals surface area (Å²) < 4.78 is 5.03. The number of nitrogens with one attached hydrogen (secondary N) is 1. The van der Waals surface area contributed by atoms with Crippen LogP contribution in [0.25, 0.3) is 0 Å². The van der Waals surface area contributed by atoms with Gasteiger partial charge in [0.05, 0.1) is 7.11 Å². The van der Waals surface area contributed by atoms with Crippen LogP contribution >= 0.6 is 0 Å². The lowest BCUT2D eigenvalue weighted by Gasteiger charge is -1.98. The Morgan fingerprint density at radius 2 is 2.13 bits per heavy atom. The molecule has 0 bridgehead atoms. The number of ether oxygens (including phenoxy) is 1. The molecule has 1 rings (SSSR count). The molecule has 1 amide bonds. The Labute approximate surface area is 86.1 Å². The van der Waals surface area contributed by atoms with E-state index in [1.54, 1.807) is 0 Å². The maximum absolute atomic E-state index is 11.2. The van der Waals surface area contributed by atoms with Crippen LogP contribution in [0.5, 0.6) is 0 Å². The quantitative estimate of drug-likeness (QED) is 0.387. The molecule has 6 nitrogen and oxygen atoms in total. The molecule has 0 aliphatic rings. The summed E-state index contributed by atoms with van der Waals surface area (Å²) in [6.07, 6.45) is 1.11. The lowest BCUT2D eigenvalue weighted by molar-refractivity contribution is -0.906. The van der Waals surface area contributed by atoms with Gasteiger partial charge in [0.2, 0.25) is 6.20 Å². The van der Waals surface area contributed by atoms with E-state index < -0.39 is 11.9 Å². The van der Waals surface area contributed by atoms with E-state index in [0.717, 1.165) is 6.20 Å². The summed E-state index contributed by atoms with van der Waals surface area (Å²) in [5.74, 6) is -1.03. The number of amides is 1. The van der Waals surface area contributed by atoms with E-state index in [1.165, 1.54) is 26.3 Å². The number of nitrogens with zero attached hydrogens (tertiary/aromatic N) is 1. The molecular weight excluding hydrogens is 200 g/mol. The molecule has 1 heterocycles. The molecule has 0 aliphatic carbocycles. The normalized spacial score (nSPS) is 9.47. The van der Waals surface area contributed by atoms with Gasteiger partial charge in [0, 0.05) is 17.8 Å². The molecule has 2 N–H and O–H groups in total. The Morgan fingerprint density at radius 1 is 1.47 bits per heavy atom. The van der Waals surface area contributed by atoms with Gasteiger partial charge < -0.3 is 10.1 Å². The number of carbonyl (C=O) groups is 2. The van der Waals surface area contributed by atoms with Crippen molar-refractivity contribution in [2.45, 2.75) is 0 Å². The number of esters is 1. The molecule has 0 fully saturated rings. The summed E-state index contributed by atoms with van der Waals surface area (Å²) in [7, 11) is 2.67. The summed E-state index contributed by atoms with van der Waals surface area (Å²) in [5, 5.41) is 11.7. The number of pyridine rings is 1. The third-order valence-electron chi connectivity index (χ3n) is 1.81. The van der Waals surface area contributed by atoms with Gasteiger partial charge in [0.25, 0.3) is 0 Å². The highest BCUT2D eigenvalue weighted by Crippen LogP contribution is 1.99. The molecule has 15 heavy (non-hydrogen) atoms. The predicted molar refractivity (Wildman–Crippen MR) is 48.6 cm³/mol. The predicted octanol–water partition coefficient (Wildman–Crippen LogP) is -0.642. The molecule has 6 heteroatoms. The van der Waals surface area contributed by atoms with Crippen molar-refractivity contribution < 1.29 is 24.3 Å². The molecule has 0 aliphatic heterocycles. The molecule has 0 saturated carbocycles. The van der Waals surface area contributed by atoms with Crippen molar-refractivity contribution in [3.05, 3.63) is 29.6 Å². The van der Waals surface area contributed by atoms with E-state index in [4.69, 9.17) is 0 Å². The molecule has 0 atom stereocenters. The van der Waals surface area contributed by atoms with Crippen LogP contribution in [0, 0.1) is 0 Å². The van der Waals surface area contributed by atoms with E-state index in [0.29, 0.717) is 4.73 Å². The van der Waals surface area contributed by atoms with Crippen LogP contribution in [0.2, 0.25) is 0 Å². The summed E-state index contributed by atoms with van der Waals surface area (Å²) in [5.41, 5.74) is 0.192. The van der Waals surface area contributed by atoms with Crippen LogP contribution in [0.3, 0.4) is 0 Å². The second-order valence-corrected chi connectivity index (χ2v) is 2.72. The molecule has 0 aromatic carbocycles. The number of hydrogen-bond donors (Lipinski definition) is 2. The largest absolute Gasteiger partial charge is 0.465 e. The minimum Gasteiger partial charge on any atom is -0.465 e. The van der Waals surface area contributed by atoms with Crippen LogP contribution in [0.15, 0.2) is 18.3 Å². The Balaban J connectivity index is 3.08. The maximum Gasteiger partial charge on any atom is 0.344 e. The monoisotopic (exact) mass is 211 g/mol. The van der Waals surface area contributed by atoms with Crippen molar-refractivity contribution in [3.63, 3.8) is 0 Å². The van der Waals surface area contributed by atoms with Gasteiger partial charge in [-0.3, -0.25) is 10.0 Å². The zero-order chi connectivity index (χ0) is 11.4. The topological polar surface area (TPSA) is 79.5 Å². The lowest BCUT2D eigenvalue weighted by atomic mass is 10.2. The average molecular weight is 211 g/mol. The van der Waals surface area contributed by atoms with Crippen molar-refractivity contribution in [1.82, 2.24) is 5.32 Å². The van der Waals surface area contributed by atoms with Gasteiger partial charge in [-0.2, -0.15) is 0 Å².